The van der Waals surface area contributed by atoms with Crippen LogP contribution in [-0.4, -0.2) is 11.6 Å². The second kappa shape index (κ2) is 7.27. The maximum atomic E-state index is 13.1. The fraction of sp³-hybridized carbons (Fsp3) is 0.263. The second-order valence-corrected chi connectivity index (χ2v) is 5.80. The monoisotopic (exact) mass is 316 g/mol. The van der Waals surface area contributed by atoms with Crippen LogP contribution in [0.1, 0.15) is 42.1 Å². The van der Waals surface area contributed by atoms with Gasteiger partial charge in [-0.05, 0) is 42.0 Å². The van der Waals surface area contributed by atoms with E-state index in [1.807, 2.05) is 0 Å². The van der Waals surface area contributed by atoms with Gasteiger partial charge in [-0.15, -0.1) is 0 Å². The fourth-order valence-electron chi connectivity index (χ4n) is 2.31. The van der Waals surface area contributed by atoms with Gasteiger partial charge < -0.3 is 0 Å². The first-order valence-corrected chi connectivity index (χ1v) is 7.46. The summed E-state index contributed by atoms with van der Waals surface area (Å²) in [5.74, 6) is -2.05. The molecule has 0 aliphatic heterocycles. The van der Waals surface area contributed by atoms with E-state index in [4.69, 9.17) is 0 Å². The third-order valence-electron chi connectivity index (χ3n) is 3.77. The van der Waals surface area contributed by atoms with Crippen LogP contribution >= 0.6 is 0 Å². The average molecular weight is 316 g/mol. The minimum atomic E-state index is -0.698. The highest BCUT2D eigenvalue weighted by atomic mass is 19.1. The van der Waals surface area contributed by atoms with Crippen LogP contribution in [-0.2, 0) is 4.79 Å². The first-order valence-electron chi connectivity index (χ1n) is 7.46. The molecule has 0 aliphatic carbocycles. The average Bonchev–Trinajstić information content (AvgIpc) is 2.53. The van der Waals surface area contributed by atoms with Gasteiger partial charge in [-0.25, -0.2) is 8.78 Å². The molecule has 2 rings (SSSR count). The summed E-state index contributed by atoms with van der Waals surface area (Å²) in [5.41, 5.74) is 0.909. The first kappa shape index (κ1) is 17.0. The van der Waals surface area contributed by atoms with Crippen LogP contribution in [0.3, 0.4) is 0 Å². The predicted molar refractivity (Wildman–Crippen MR) is 84.3 cm³/mol. The van der Waals surface area contributed by atoms with Gasteiger partial charge in [-0.3, -0.25) is 9.59 Å². The van der Waals surface area contributed by atoms with Crippen LogP contribution in [0.4, 0.5) is 8.78 Å². The van der Waals surface area contributed by atoms with Crippen molar-refractivity contribution in [3.05, 3.63) is 71.3 Å². The van der Waals surface area contributed by atoms with E-state index in [9.17, 15) is 18.4 Å². The SMILES string of the molecule is CC(C)C(=O)CC(C(=O)c1ccc(F)cc1)c1ccc(F)cc1. The Morgan fingerprint density at radius 1 is 0.870 bits per heavy atom. The van der Waals surface area contributed by atoms with Crippen molar-refractivity contribution in [3.63, 3.8) is 0 Å². The van der Waals surface area contributed by atoms with Gasteiger partial charge in [-0.2, -0.15) is 0 Å². The highest BCUT2D eigenvalue weighted by molar-refractivity contribution is 6.03. The van der Waals surface area contributed by atoms with E-state index >= 15 is 0 Å². The standard InChI is InChI=1S/C19H18F2O2/c1-12(2)18(22)11-17(13-3-7-15(20)8-4-13)19(23)14-5-9-16(21)10-6-14/h3-10,12,17H,11H2,1-2H3. The molecule has 4 heteroatoms. The van der Waals surface area contributed by atoms with E-state index in [2.05, 4.69) is 0 Å². The molecule has 0 saturated heterocycles. The molecule has 0 radical (unpaired) electrons. The molecule has 1 unspecified atom stereocenters. The molecule has 0 spiro atoms. The molecule has 0 N–H and O–H groups in total. The smallest absolute Gasteiger partial charge is 0.170 e. The van der Waals surface area contributed by atoms with E-state index in [1.54, 1.807) is 13.8 Å². The zero-order chi connectivity index (χ0) is 17.0. The Bertz CT molecular complexity index is 688. The summed E-state index contributed by atoms with van der Waals surface area (Å²) in [6.07, 6.45) is 0.0412. The van der Waals surface area contributed by atoms with Crippen LogP contribution < -0.4 is 0 Å². The lowest BCUT2D eigenvalue weighted by Gasteiger charge is -2.17. The summed E-state index contributed by atoms with van der Waals surface area (Å²) < 4.78 is 26.1. The molecule has 2 nitrogen and oxygen atoms in total. The van der Waals surface area contributed by atoms with Gasteiger partial charge >= 0.3 is 0 Å². The Morgan fingerprint density at radius 2 is 1.35 bits per heavy atom. The van der Waals surface area contributed by atoms with E-state index in [0.29, 0.717) is 11.1 Å². The lowest BCUT2D eigenvalue weighted by Crippen LogP contribution is -2.19. The number of benzene rings is 2. The number of carbonyl (C=O) groups is 2. The lowest BCUT2D eigenvalue weighted by molar-refractivity contribution is -0.122. The Morgan fingerprint density at radius 3 is 1.83 bits per heavy atom. The highest BCUT2D eigenvalue weighted by Gasteiger charge is 2.26. The number of Topliss-reactive ketones (excluding diaryl/α,β-unsaturated/α-hetero) is 2. The van der Waals surface area contributed by atoms with Crippen molar-refractivity contribution in [3.8, 4) is 0 Å². The Labute approximate surface area is 134 Å². The topological polar surface area (TPSA) is 34.1 Å². The van der Waals surface area contributed by atoms with E-state index in [-0.39, 0.29) is 23.9 Å². The summed E-state index contributed by atoms with van der Waals surface area (Å²) in [4.78, 5) is 24.8. The third kappa shape index (κ3) is 4.31. The Hall–Kier alpha value is -2.36. The zero-order valence-corrected chi connectivity index (χ0v) is 13.1. The molecule has 23 heavy (non-hydrogen) atoms. The van der Waals surface area contributed by atoms with Crippen molar-refractivity contribution in [1.29, 1.82) is 0 Å². The van der Waals surface area contributed by atoms with Crippen molar-refractivity contribution in [2.24, 2.45) is 5.92 Å². The molecule has 0 bridgehead atoms. The predicted octanol–water partition coefficient (Wildman–Crippen LogP) is 4.55. The quantitative estimate of drug-likeness (QED) is 0.733. The molecule has 0 saturated carbocycles. The van der Waals surface area contributed by atoms with Crippen molar-refractivity contribution in [1.82, 2.24) is 0 Å². The molecule has 2 aromatic rings. The van der Waals surface area contributed by atoms with Crippen molar-refractivity contribution >= 4 is 11.6 Å². The first-order chi connectivity index (χ1) is 10.9. The van der Waals surface area contributed by atoms with Crippen LogP contribution in [0.2, 0.25) is 0 Å². The number of rotatable bonds is 6. The Balaban J connectivity index is 2.35. The third-order valence-corrected chi connectivity index (χ3v) is 3.77. The molecule has 0 amide bonds. The van der Waals surface area contributed by atoms with Crippen LogP contribution in [0, 0.1) is 17.6 Å². The fourth-order valence-corrected chi connectivity index (χ4v) is 2.31. The zero-order valence-electron chi connectivity index (χ0n) is 13.1. The molecule has 1 atom stereocenters. The lowest BCUT2D eigenvalue weighted by atomic mass is 9.85. The van der Waals surface area contributed by atoms with Gasteiger partial charge in [0.2, 0.25) is 0 Å². The van der Waals surface area contributed by atoms with Gasteiger partial charge in [0.15, 0.2) is 5.78 Å². The van der Waals surface area contributed by atoms with Crippen LogP contribution in [0.5, 0.6) is 0 Å². The van der Waals surface area contributed by atoms with E-state index < -0.39 is 17.6 Å². The van der Waals surface area contributed by atoms with Gasteiger partial charge in [0, 0.05) is 17.9 Å². The number of hydrogen-bond donors (Lipinski definition) is 0. The normalized spacial score (nSPS) is 12.2. The molecule has 0 aromatic heterocycles. The van der Waals surface area contributed by atoms with E-state index in [0.717, 1.165) is 0 Å². The highest BCUT2D eigenvalue weighted by Crippen LogP contribution is 2.26. The maximum absolute atomic E-state index is 13.1. The molecule has 0 aliphatic rings. The number of hydrogen-bond acceptors (Lipinski definition) is 2. The molecule has 2 aromatic carbocycles. The van der Waals surface area contributed by atoms with Crippen molar-refractivity contribution < 1.29 is 18.4 Å². The molecular weight excluding hydrogens is 298 g/mol. The van der Waals surface area contributed by atoms with Crippen LogP contribution in [0.15, 0.2) is 48.5 Å². The van der Waals surface area contributed by atoms with Gasteiger partial charge in [-0.1, -0.05) is 26.0 Å². The summed E-state index contributed by atoms with van der Waals surface area (Å²) in [6.45, 7) is 3.54. The summed E-state index contributed by atoms with van der Waals surface area (Å²) in [7, 11) is 0. The molecule has 0 fully saturated rings. The van der Waals surface area contributed by atoms with E-state index in [1.165, 1.54) is 48.5 Å². The minimum absolute atomic E-state index is 0.0412. The van der Waals surface area contributed by atoms with Gasteiger partial charge in [0.05, 0.1) is 5.92 Å². The van der Waals surface area contributed by atoms with Crippen molar-refractivity contribution in [2.45, 2.75) is 26.2 Å². The second-order valence-electron chi connectivity index (χ2n) is 5.80. The van der Waals surface area contributed by atoms with Crippen molar-refractivity contribution in [2.75, 3.05) is 0 Å². The Kier molecular flexibility index (Phi) is 5.37. The maximum Gasteiger partial charge on any atom is 0.170 e. The number of ketones is 2. The molecule has 120 valence electrons. The number of carbonyl (C=O) groups excluding carboxylic acids is 2. The van der Waals surface area contributed by atoms with Crippen LogP contribution in [0.25, 0.3) is 0 Å². The molecular formula is C19H18F2O2. The van der Waals surface area contributed by atoms with Gasteiger partial charge in [0.25, 0.3) is 0 Å². The minimum Gasteiger partial charge on any atom is -0.299 e. The molecule has 0 heterocycles. The summed E-state index contributed by atoms with van der Waals surface area (Å²) >= 11 is 0. The largest absolute Gasteiger partial charge is 0.299 e. The summed E-state index contributed by atoms with van der Waals surface area (Å²) in [6, 6.07) is 10.8. The summed E-state index contributed by atoms with van der Waals surface area (Å²) in [5, 5.41) is 0. The van der Waals surface area contributed by atoms with Gasteiger partial charge in [0.1, 0.15) is 17.4 Å². The number of halogens is 2.